The summed E-state index contributed by atoms with van der Waals surface area (Å²) >= 11 is 6.00. The van der Waals surface area contributed by atoms with E-state index in [0.717, 1.165) is 19.3 Å². The van der Waals surface area contributed by atoms with Crippen LogP contribution in [0.2, 0.25) is 0 Å². The van der Waals surface area contributed by atoms with Crippen molar-refractivity contribution in [1.82, 2.24) is 9.78 Å². The third-order valence-electron chi connectivity index (χ3n) is 2.08. The minimum Gasteiger partial charge on any atom is -0.273 e. The van der Waals surface area contributed by atoms with E-state index in [-0.39, 0.29) is 0 Å². The van der Waals surface area contributed by atoms with Crippen molar-refractivity contribution in [3.8, 4) is 0 Å². The second-order valence-electron chi connectivity index (χ2n) is 2.99. The van der Waals surface area contributed by atoms with Crippen molar-refractivity contribution in [1.29, 1.82) is 0 Å². The Morgan fingerprint density at radius 2 is 2.42 bits per heavy atom. The lowest BCUT2D eigenvalue weighted by atomic mass is 10.1. The normalized spacial score (nSPS) is 13.2. The van der Waals surface area contributed by atoms with Crippen molar-refractivity contribution in [2.24, 2.45) is 7.05 Å². The zero-order chi connectivity index (χ0) is 8.97. The van der Waals surface area contributed by atoms with Crippen molar-refractivity contribution in [2.75, 3.05) is 0 Å². The van der Waals surface area contributed by atoms with Crippen molar-refractivity contribution in [3.05, 3.63) is 18.0 Å². The van der Waals surface area contributed by atoms with E-state index >= 15 is 0 Å². The monoisotopic (exact) mass is 186 g/mol. The first-order chi connectivity index (χ1) is 5.74. The molecule has 1 atom stereocenters. The topological polar surface area (TPSA) is 17.8 Å². The lowest BCUT2D eigenvalue weighted by Gasteiger charge is -2.05. The molecule has 0 aliphatic rings. The van der Waals surface area contributed by atoms with Crippen LogP contribution in [-0.2, 0) is 13.5 Å². The van der Waals surface area contributed by atoms with Gasteiger partial charge in [0.1, 0.15) is 0 Å². The fourth-order valence-corrected chi connectivity index (χ4v) is 1.26. The number of rotatable bonds is 4. The van der Waals surface area contributed by atoms with Crippen LogP contribution in [0.5, 0.6) is 0 Å². The van der Waals surface area contributed by atoms with Gasteiger partial charge < -0.3 is 0 Å². The van der Waals surface area contributed by atoms with E-state index in [1.807, 2.05) is 24.0 Å². The summed E-state index contributed by atoms with van der Waals surface area (Å²) in [6.45, 7) is 2.11. The van der Waals surface area contributed by atoms with Gasteiger partial charge in [-0.1, -0.05) is 6.92 Å². The maximum absolute atomic E-state index is 6.00. The molecule has 0 bridgehead atoms. The molecule has 0 aliphatic heterocycles. The van der Waals surface area contributed by atoms with Gasteiger partial charge in [0.15, 0.2) is 0 Å². The standard InChI is InChI=1S/C9H15ClN2/c1-3-8(10)4-5-9-6-7-11-12(9)2/h6-8H,3-5H2,1-2H3. The molecule has 1 aromatic heterocycles. The number of aromatic nitrogens is 2. The van der Waals surface area contributed by atoms with Crippen LogP contribution >= 0.6 is 11.6 Å². The summed E-state index contributed by atoms with van der Waals surface area (Å²) in [5, 5.41) is 4.40. The van der Waals surface area contributed by atoms with E-state index in [4.69, 9.17) is 11.6 Å². The number of hydrogen-bond donors (Lipinski definition) is 0. The van der Waals surface area contributed by atoms with Gasteiger partial charge in [-0.3, -0.25) is 4.68 Å². The van der Waals surface area contributed by atoms with Gasteiger partial charge in [0.2, 0.25) is 0 Å². The average molecular weight is 187 g/mol. The third kappa shape index (κ3) is 2.52. The summed E-state index contributed by atoms with van der Waals surface area (Å²) in [6, 6.07) is 2.04. The van der Waals surface area contributed by atoms with Gasteiger partial charge in [0.05, 0.1) is 0 Å². The molecule has 2 nitrogen and oxygen atoms in total. The van der Waals surface area contributed by atoms with Crippen molar-refractivity contribution < 1.29 is 0 Å². The summed E-state index contributed by atoms with van der Waals surface area (Å²) in [5.41, 5.74) is 1.26. The van der Waals surface area contributed by atoms with Crippen LogP contribution in [0.25, 0.3) is 0 Å². The molecule has 3 heteroatoms. The van der Waals surface area contributed by atoms with Gasteiger partial charge in [-0.15, -0.1) is 11.6 Å². The van der Waals surface area contributed by atoms with Crippen LogP contribution in [0.3, 0.4) is 0 Å². The second-order valence-corrected chi connectivity index (χ2v) is 3.61. The smallest absolute Gasteiger partial charge is 0.0492 e. The minimum atomic E-state index is 0.305. The zero-order valence-electron chi connectivity index (χ0n) is 7.63. The van der Waals surface area contributed by atoms with E-state index < -0.39 is 0 Å². The largest absolute Gasteiger partial charge is 0.273 e. The Bertz CT molecular complexity index is 232. The van der Waals surface area contributed by atoms with E-state index in [0.29, 0.717) is 5.38 Å². The maximum Gasteiger partial charge on any atom is 0.0492 e. The predicted octanol–water partition coefficient (Wildman–Crippen LogP) is 2.37. The van der Waals surface area contributed by atoms with Gasteiger partial charge >= 0.3 is 0 Å². The second kappa shape index (κ2) is 4.51. The summed E-state index contributed by atoms with van der Waals surface area (Å²) in [4.78, 5) is 0. The molecule has 1 aromatic rings. The van der Waals surface area contributed by atoms with Crippen LogP contribution in [0.1, 0.15) is 25.5 Å². The Morgan fingerprint density at radius 3 is 2.92 bits per heavy atom. The summed E-state index contributed by atoms with van der Waals surface area (Å²) in [7, 11) is 1.96. The molecule has 1 unspecified atom stereocenters. The fraction of sp³-hybridized carbons (Fsp3) is 0.667. The highest BCUT2D eigenvalue weighted by molar-refractivity contribution is 6.20. The highest BCUT2D eigenvalue weighted by Gasteiger charge is 2.03. The average Bonchev–Trinajstić information content (AvgIpc) is 2.47. The molecular weight excluding hydrogens is 172 g/mol. The van der Waals surface area contributed by atoms with Gasteiger partial charge in [0.25, 0.3) is 0 Å². The van der Waals surface area contributed by atoms with E-state index in [2.05, 4.69) is 12.0 Å². The Hall–Kier alpha value is -0.500. The molecular formula is C9H15ClN2. The van der Waals surface area contributed by atoms with Gasteiger partial charge in [-0.05, 0) is 25.3 Å². The number of alkyl halides is 1. The SMILES string of the molecule is CCC(Cl)CCc1ccnn1C. The molecule has 0 aromatic carbocycles. The van der Waals surface area contributed by atoms with Gasteiger partial charge in [-0.2, -0.15) is 5.10 Å². The molecule has 0 spiro atoms. The van der Waals surface area contributed by atoms with Gasteiger partial charge in [-0.25, -0.2) is 0 Å². The van der Waals surface area contributed by atoms with Crippen LogP contribution in [0.15, 0.2) is 12.3 Å². The molecule has 12 heavy (non-hydrogen) atoms. The Labute approximate surface area is 78.5 Å². The molecule has 0 N–H and O–H groups in total. The fourth-order valence-electron chi connectivity index (χ4n) is 1.16. The molecule has 0 aliphatic carbocycles. The Morgan fingerprint density at radius 1 is 1.67 bits per heavy atom. The lowest BCUT2D eigenvalue weighted by molar-refractivity contribution is 0.658. The Balaban J connectivity index is 2.38. The molecule has 0 amide bonds. The van der Waals surface area contributed by atoms with Crippen molar-refractivity contribution in [2.45, 2.75) is 31.6 Å². The number of nitrogens with zero attached hydrogens (tertiary/aromatic N) is 2. The molecule has 0 radical (unpaired) electrons. The van der Waals surface area contributed by atoms with Crippen LogP contribution < -0.4 is 0 Å². The molecule has 0 fully saturated rings. The third-order valence-corrected chi connectivity index (χ3v) is 2.61. The summed E-state index contributed by atoms with van der Waals surface area (Å²) in [6.07, 6.45) is 4.93. The quantitative estimate of drug-likeness (QED) is 0.661. The highest BCUT2D eigenvalue weighted by Crippen LogP contribution is 2.10. The molecule has 68 valence electrons. The van der Waals surface area contributed by atoms with Gasteiger partial charge in [0, 0.05) is 24.3 Å². The van der Waals surface area contributed by atoms with Crippen molar-refractivity contribution >= 4 is 11.6 Å². The maximum atomic E-state index is 6.00. The minimum absolute atomic E-state index is 0.305. The Kier molecular flexibility index (Phi) is 3.60. The zero-order valence-corrected chi connectivity index (χ0v) is 8.38. The van der Waals surface area contributed by atoms with E-state index in [1.54, 1.807) is 0 Å². The highest BCUT2D eigenvalue weighted by atomic mass is 35.5. The van der Waals surface area contributed by atoms with E-state index in [1.165, 1.54) is 5.69 Å². The van der Waals surface area contributed by atoms with Crippen LogP contribution in [0, 0.1) is 0 Å². The number of halogens is 1. The first-order valence-corrected chi connectivity index (χ1v) is 4.78. The van der Waals surface area contributed by atoms with E-state index in [9.17, 15) is 0 Å². The first kappa shape index (κ1) is 9.59. The number of hydrogen-bond acceptors (Lipinski definition) is 1. The number of aryl methyl sites for hydroxylation is 2. The lowest BCUT2D eigenvalue weighted by Crippen LogP contribution is -2.03. The predicted molar refractivity (Wildman–Crippen MR) is 51.5 cm³/mol. The van der Waals surface area contributed by atoms with Crippen LogP contribution in [0.4, 0.5) is 0 Å². The van der Waals surface area contributed by atoms with Crippen LogP contribution in [-0.4, -0.2) is 15.2 Å². The summed E-state index contributed by atoms with van der Waals surface area (Å²) < 4.78 is 1.90. The molecule has 1 rings (SSSR count). The summed E-state index contributed by atoms with van der Waals surface area (Å²) in [5.74, 6) is 0. The molecule has 0 saturated heterocycles. The molecule has 1 heterocycles. The molecule has 0 saturated carbocycles. The first-order valence-electron chi connectivity index (χ1n) is 4.35. The van der Waals surface area contributed by atoms with Crippen molar-refractivity contribution in [3.63, 3.8) is 0 Å².